The van der Waals surface area contributed by atoms with E-state index < -0.39 is 0 Å². The zero-order chi connectivity index (χ0) is 19.3. The third kappa shape index (κ3) is 26.2. The summed E-state index contributed by atoms with van der Waals surface area (Å²) in [6, 6.07) is 0. The van der Waals surface area contributed by atoms with Crippen molar-refractivity contribution < 1.29 is 27.4 Å². The molecule has 3 nitrogen and oxygen atoms in total. The molecule has 0 rings (SSSR count). The van der Waals surface area contributed by atoms with Crippen molar-refractivity contribution >= 4 is 0 Å². The summed E-state index contributed by atoms with van der Waals surface area (Å²) in [5.41, 5.74) is 0. The molecule has 0 aliphatic rings. The van der Waals surface area contributed by atoms with Crippen LogP contribution >= 0.6 is 0 Å². The van der Waals surface area contributed by atoms with Crippen molar-refractivity contribution in [2.75, 3.05) is 20.7 Å². The number of rotatable bonds is 21. The number of hydrogen-bond donors (Lipinski definition) is 2. The van der Waals surface area contributed by atoms with E-state index in [0.717, 1.165) is 24.3 Å². The quantitative estimate of drug-likeness (QED) is 0.226. The van der Waals surface area contributed by atoms with Gasteiger partial charge in [0.1, 0.15) is 6.61 Å². The molecular formula is C23H50ClNO2. The lowest BCUT2D eigenvalue weighted by Crippen LogP contribution is -3.04. The number of nitrogens with one attached hydrogen (secondary N) is 1. The van der Waals surface area contributed by atoms with E-state index in [-0.39, 0.29) is 18.5 Å². The fraction of sp³-hybridized carbons (Fsp3) is 1.00. The van der Waals surface area contributed by atoms with Crippen molar-refractivity contribution in [1.82, 2.24) is 0 Å². The second-order valence-corrected chi connectivity index (χ2v) is 8.29. The van der Waals surface area contributed by atoms with Crippen LogP contribution in [0.1, 0.15) is 122 Å². The number of hydrogen-bond acceptors (Lipinski definition) is 2. The first-order chi connectivity index (χ1) is 12.7. The molecule has 0 saturated heterocycles. The molecule has 0 radical (unpaired) electrons. The van der Waals surface area contributed by atoms with Gasteiger partial charge in [0, 0.05) is 6.42 Å². The van der Waals surface area contributed by atoms with Crippen LogP contribution in [0.5, 0.6) is 0 Å². The normalized spacial score (nSPS) is 12.3. The van der Waals surface area contributed by atoms with Gasteiger partial charge in [-0.3, -0.25) is 0 Å². The van der Waals surface area contributed by atoms with Crippen molar-refractivity contribution in [3.63, 3.8) is 0 Å². The monoisotopic (exact) mass is 407 g/mol. The molecule has 0 bridgehead atoms. The molecule has 0 aliphatic heterocycles. The molecule has 27 heavy (non-hydrogen) atoms. The van der Waals surface area contributed by atoms with Crippen LogP contribution < -0.4 is 17.5 Å². The summed E-state index contributed by atoms with van der Waals surface area (Å²) in [7, 11) is 3.92. The Kier molecular flexibility index (Phi) is 26.3. The van der Waals surface area contributed by atoms with Gasteiger partial charge in [-0.15, -0.1) is 0 Å². The molecule has 0 aromatic carbocycles. The van der Waals surface area contributed by atoms with Gasteiger partial charge in [-0.25, -0.2) is 4.84 Å². The van der Waals surface area contributed by atoms with Gasteiger partial charge in [0.05, 0.1) is 20.2 Å². The van der Waals surface area contributed by atoms with E-state index in [4.69, 9.17) is 4.84 Å². The van der Waals surface area contributed by atoms with Crippen molar-refractivity contribution in [3.8, 4) is 0 Å². The maximum Gasteiger partial charge on any atom is 0.109 e. The highest BCUT2D eigenvalue weighted by Crippen LogP contribution is 2.14. The minimum Gasteiger partial charge on any atom is -1.00 e. The molecule has 0 aromatic heterocycles. The Balaban J connectivity index is 0. The first-order valence-electron chi connectivity index (χ1n) is 11.8. The Labute approximate surface area is 177 Å². The Morgan fingerprint density at radius 2 is 1.00 bits per heavy atom. The average Bonchev–Trinajstić information content (AvgIpc) is 2.61. The van der Waals surface area contributed by atoms with E-state index in [2.05, 4.69) is 6.92 Å². The number of halogens is 1. The number of aliphatic hydroxyl groups excluding tert-OH is 1. The van der Waals surface area contributed by atoms with Crippen LogP contribution in [0.4, 0.5) is 0 Å². The van der Waals surface area contributed by atoms with E-state index in [9.17, 15) is 5.11 Å². The van der Waals surface area contributed by atoms with Crippen LogP contribution in [0.2, 0.25) is 0 Å². The van der Waals surface area contributed by atoms with Crippen LogP contribution in [-0.4, -0.2) is 31.9 Å². The minimum absolute atomic E-state index is 0. The first kappa shape index (κ1) is 29.4. The van der Waals surface area contributed by atoms with Crippen LogP contribution in [0.15, 0.2) is 0 Å². The third-order valence-corrected chi connectivity index (χ3v) is 5.23. The molecule has 2 N–H and O–H groups in total. The zero-order valence-electron chi connectivity index (χ0n) is 18.7. The molecular weight excluding hydrogens is 358 g/mol. The summed E-state index contributed by atoms with van der Waals surface area (Å²) < 4.78 is 0. The van der Waals surface area contributed by atoms with Gasteiger partial charge in [0.15, 0.2) is 0 Å². The molecule has 0 heterocycles. The van der Waals surface area contributed by atoms with Crippen LogP contribution in [0.3, 0.4) is 0 Å². The third-order valence-electron chi connectivity index (χ3n) is 5.23. The van der Waals surface area contributed by atoms with Gasteiger partial charge in [-0.2, -0.15) is 5.06 Å². The number of unbranched alkanes of at least 4 members (excludes halogenated alkanes) is 15. The number of hydroxylamine groups is 2. The first-order valence-corrected chi connectivity index (χ1v) is 11.8. The summed E-state index contributed by atoms with van der Waals surface area (Å²) in [5, 5.41) is 10.9. The molecule has 0 aromatic rings. The van der Waals surface area contributed by atoms with E-state index in [1.165, 1.54) is 96.3 Å². The lowest BCUT2D eigenvalue weighted by molar-refractivity contribution is -1.06. The van der Waals surface area contributed by atoms with Gasteiger partial charge in [-0.1, -0.05) is 110 Å². The van der Waals surface area contributed by atoms with Crippen molar-refractivity contribution in [1.29, 1.82) is 0 Å². The van der Waals surface area contributed by atoms with E-state index in [1.54, 1.807) is 0 Å². The van der Waals surface area contributed by atoms with Crippen LogP contribution in [-0.2, 0) is 4.84 Å². The standard InChI is InChI=1S/C23H49NO2.ClH/c1-4-5-6-7-8-9-10-11-12-13-14-15-16-17-18-19-20-23(25)21-22-26-24(2)3;/h23,25H,4-22H2,1-3H3;1H. The maximum atomic E-state index is 9.89. The molecule has 4 heteroatoms. The summed E-state index contributed by atoms with van der Waals surface area (Å²) in [5.74, 6) is 0. The van der Waals surface area contributed by atoms with Gasteiger partial charge in [0.25, 0.3) is 0 Å². The summed E-state index contributed by atoms with van der Waals surface area (Å²) >= 11 is 0. The SMILES string of the molecule is CCCCCCCCCCCCCCCCCCC(O)CCO[NH+](C)C.[Cl-]. The molecule has 0 saturated carbocycles. The van der Waals surface area contributed by atoms with Gasteiger partial charge < -0.3 is 17.5 Å². The fourth-order valence-corrected chi connectivity index (χ4v) is 3.47. The zero-order valence-corrected chi connectivity index (χ0v) is 19.5. The van der Waals surface area contributed by atoms with Gasteiger partial charge >= 0.3 is 0 Å². The number of aliphatic hydroxyl groups is 1. The molecule has 1 unspecified atom stereocenters. The topological polar surface area (TPSA) is 33.9 Å². The van der Waals surface area contributed by atoms with Crippen molar-refractivity contribution in [2.24, 2.45) is 0 Å². The number of quaternary nitrogens is 1. The lowest BCUT2D eigenvalue weighted by atomic mass is 10.0. The summed E-state index contributed by atoms with van der Waals surface area (Å²) in [6.45, 7) is 2.94. The predicted molar refractivity (Wildman–Crippen MR) is 114 cm³/mol. The molecule has 0 amide bonds. The molecule has 0 spiro atoms. The Hall–Kier alpha value is 0.170. The minimum atomic E-state index is -0.180. The Morgan fingerprint density at radius 1 is 0.630 bits per heavy atom. The average molecular weight is 408 g/mol. The lowest BCUT2D eigenvalue weighted by Gasteiger charge is -2.11. The molecule has 166 valence electrons. The van der Waals surface area contributed by atoms with E-state index in [1.807, 2.05) is 14.1 Å². The highest BCUT2D eigenvalue weighted by Gasteiger charge is 2.05. The van der Waals surface area contributed by atoms with E-state index in [0.29, 0.717) is 6.61 Å². The second kappa shape index (κ2) is 24.2. The molecule has 0 aliphatic carbocycles. The maximum absolute atomic E-state index is 9.89. The highest BCUT2D eigenvalue weighted by atomic mass is 35.5. The highest BCUT2D eigenvalue weighted by molar-refractivity contribution is 4.56. The molecule has 1 atom stereocenters. The molecule has 0 fully saturated rings. The van der Waals surface area contributed by atoms with Crippen molar-refractivity contribution in [2.45, 2.75) is 129 Å². The van der Waals surface area contributed by atoms with Gasteiger partial charge in [-0.05, 0) is 6.42 Å². The van der Waals surface area contributed by atoms with Crippen LogP contribution in [0.25, 0.3) is 0 Å². The second-order valence-electron chi connectivity index (χ2n) is 8.29. The van der Waals surface area contributed by atoms with Gasteiger partial charge in [0.2, 0.25) is 0 Å². The predicted octanol–water partition coefficient (Wildman–Crippen LogP) is 2.47. The fourth-order valence-electron chi connectivity index (χ4n) is 3.47. The largest absolute Gasteiger partial charge is 1.00 e. The van der Waals surface area contributed by atoms with Crippen LogP contribution in [0, 0.1) is 0 Å². The Bertz CT molecular complexity index is 265. The summed E-state index contributed by atoms with van der Waals surface area (Å²) in [4.78, 5) is 5.40. The van der Waals surface area contributed by atoms with Crippen molar-refractivity contribution in [3.05, 3.63) is 0 Å². The summed E-state index contributed by atoms with van der Waals surface area (Å²) in [6.07, 6.45) is 23.9. The van der Waals surface area contributed by atoms with E-state index >= 15 is 0 Å². The Morgan fingerprint density at radius 3 is 1.37 bits per heavy atom. The smallest absolute Gasteiger partial charge is 0.109 e.